The highest BCUT2D eigenvalue weighted by atomic mass is 15.6. The summed E-state index contributed by atoms with van der Waals surface area (Å²) >= 11 is 0. The molecule has 4 rings (SSSR count). The second-order valence-electron chi connectivity index (χ2n) is 7.23. The van der Waals surface area contributed by atoms with Crippen molar-refractivity contribution in [3.63, 3.8) is 0 Å². The molecule has 0 radical (unpaired) electrons. The van der Waals surface area contributed by atoms with Gasteiger partial charge in [0, 0.05) is 31.5 Å². The Morgan fingerprint density at radius 3 is 2.41 bits per heavy atom. The molecule has 0 aliphatic carbocycles. The van der Waals surface area contributed by atoms with Gasteiger partial charge in [-0.3, -0.25) is 4.68 Å². The first kappa shape index (κ1) is 19.0. The maximum Gasteiger partial charge on any atom is 0.204 e. The van der Waals surface area contributed by atoms with E-state index in [1.54, 1.807) is 4.79 Å². The third kappa shape index (κ3) is 3.35. The van der Waals surface area contributed by atoms with Crippen LogP contribution in [-0.4, -0.2) is 49.2 Å². The fourth-order valence-corrected chi connectivity index (χ4v) is 3.45. The van der Waals surface area contributed by atoms with Gasteiger partial charge in [0.2, 0.25) is 11.6 Å². The van der Waals surface area contributed by atoms with Gasteiger partial charge < -0.3 is 4.90 Å². The molecular formula is C21H26N8. The molecule has 29 heavy (non-hydrogen) atoms. The molecule has 0 unspecified atom stereocenters. The Balaban J connectivity index is 1.71. The Morgan fingerprint density at radius 2 is 1.79 bits per heavy atom. The summed E-state index contributed by atoms with van der Waals surface area (Å²) in [6.07, 6.45) is 0. The number of nitrogens with zero attached hydrogens (tertiary/aromatic N) is 8. The number of hydrogen-bond donors (Lipinski definition) is 0. The van der Waals surface area contributed by atoms with E-state index >= 15 is 0 Å². The van der Waals surface area contributed by atoms with Crippen LogP contribution in [0.2, 0.25) is 0 Å². The van der Waals surface area contributed by atoms with Crippen molar-refractivity contribution in [1.82, 2.24) is 24.7 Å². The first-order valence-electron chi connectivity index (χ1n) is 9.90. The molecule has 1 aromatic carbocycles. The zero-order valence-electron chi connectivity index (χ0n) is 17.8. The Kier molecular flexibility index (Phi) is 4.77. The second kappa shape index (κ2) is 7.27. The van der Waals surface area contributed by atoms with Gasteiger partial charge >= 0.3 is 0 Å². The summed E-state index contributed by atoms with van der Waals surface area (Å²) in [5, 5.41) is 13.5. The average Bonchev–Trinajstić information content (AvgIpc) is 3.33. The Morgan fingerprint density at radius 1 is 1.03 bits per heavy atom. The minimum absolute atomic E-state index is 0.557. The number of hydrogen-bond acceptors (Lipinski definition) is 6. The molecule has 1 aliphatic heterocycles. The van der Waals surface area contributed by atoms with Gasteiger partial charge in [-0.2, -0.15) is 10.2 Å². The van der Waals surface area contributed by atoms with E-state index in [9.17, 15) is 0 Å². The lowest BCUT2D eigenvalue weighted by molar-refractivity contribution is 0.733. The van der Waals surface area contributed by atoms with Gasteiger partial charge in [-0.25, -0.2) is 9.98 Å². The van der Waals surface area contributed by atoms with Crippen molar-refractivity contribution in [2.75, 3.05) is 18.0 Å². The predicted molar refractivity (Wildman–Crippen MR) is 116 cm³/mol. The van der Waals surface area contributed by atoms with E-state index in [-0.39, 0.29) is 0 Å². The molecule has 0 saturated carbocycles. The normalized spacial score (nSPS) is 14.4. The lowest BCUT2D eigenvalue weighted by atomic mass is 10.1. The summed E-state index contributed by atoms with van der Waals surface area (Å²) in [6.45, 7) is 12.3. The molecule has 2 aromatic heterocycles. The maximum absolute atomic E-state index is 4.88. The van der Waals surface area contributed by atoms with Crippen molar-refractivity contribution in [2.24, 2.45) is 17.1 Å². The number of fused-ring (bicyclic) bond motifs is 1. The van der Waals surface area contributed by atoms with Crippen LogP contribution in [0.1, 0.15) is 37.9 Å². The zero-order chi connectivity index (χ0) is 20.7. The first-order chi connectivity index (χ1) is 13.9. The number of aromatic nitrogens is 5. The second-order valence-corrected chi connectivity index (χ2v) is 7.23. The van der Waals surface area contributed by atoms with E-state index in [0.29, 0.717) is 11.6 Å². The molecule has 3 aromatic rings. The van der Waals surface area contributed by atoms with Crippen LogP contribution in [0.25, 0.3) is 11.5 Å². The predicted octanol–water partition coefficient (Wildman–Crippen LogP) is 3.50. The number of benzene rings is 1. The van der Waals surface area contributed by atoms with Gasteiger partial charge in [-0.15, -0.1) is 9.89 Å². The fourth-order valence-electron chi connectivity index (χ4n) is 3.45. The van der Waals surface area contributed by atoms with Crippen molar-refractivity contribution >= 4 is 22.8 Å². The van der Waals surface area contributed by atoms with E-state index < -0.39 is 0 Å². The van der Waals surface area contributed by atoms with Crippen LogP contribution >= 0.6 is 0 Å². The molecule has 0 spiro atoms. The summed E-state index contributed by atoms with van der Waals surface area (Å²) in [5.74, 6) is 1.20. The molecule has 3 heterocycles. The molecule has 0 bridgehead atoms. The van der Waals surface area contributed by atoms with Crippen LogP contribution in [0.15, 0.2) is 34.4 Å². The summed E-state index contributed by atoms with van der Waals surface area (Å²) in [5.41, 5.74) is 6.58. The lowest BCUT2D eigenvalue weighted by Gasteiger charge is -2.21. The van der Waals surface area contributed by atoms with Gasteiger partial charge in [-0.05, 0) is 64.4 Å². The summed E-state index contributed by atoms with van der Waals surface area (Å²) in [7, 11) is 1.91. The zero-order valence-corrected chi connectivity index (χ0v) is 17.8. The maximum atomic E-state index is 4.88. The highest BCUT2D eigenvalue weighted by Crippen LogP contribution is 2.27. The number of anilines is 1. The van der Waals surface area contributed by atoms with E-state index in [4.69, 9.17) is 4.99 Å². The van der Waals surface area contributed by atoms with E-state index in [0.717, 1.165) is 47.2 Å². The van der Waals surface area contributed by atoms with Crippen LogP contribution in [0, 0.1) is 13.8 Å². The van der Waals surface area contributed by atoms with Gasteiger partial charge in [0.1, 0.15) is 11.4 Å². The van der Waals surface area contributed by atoms with Gasteiger partial charge in [0.25, 0.3) is 0 Å². The van der Waals surface area contributed by atoms with Crippen LogP contribution in [-0.2, 0) is 7.05 Å². The number of rotatable bonds is 5. The van der Waals surface area contributed by atoms with Gasteiger partial charge in [-0.1, -0.05) is 0 Å². The van der Waals surface area contributed by atoms with Crippen LogP contribution < -0.4 is 4.90 Å². The molecule has 0 atom stereocenters. The standard InChI is InChI=1S/C21H26N8/c1-7-28(8-2)16-9-10-17(13(3)11-16)22-19-15(5)24-29-21(19)23-20(26-29)18-12-14(4)27(6)25-18/h9-12H,7-8H2,1-6H3/b22-19-. The van der Waals surface area contributed by atoms with E-state index in [1.807, 2.05) is 31.6 Å². The first-order valence-corrected chi connectivity index (χ1v) is 9.90. The average molecular weight is 390 g/mol. The van der Waals surface area contributed by atoms with Gasteiger partial charge in [0.05, 0.1) is 11.4 Å². The molecule has 0 saturated heterocycles. The monoisotopic (exact) mass is 390 g/mol. The SMILES string of the molecule is CCN(CC)c1ccc(/N=C2/C(C)=Nn3nc(-c4cc(C)n(C)n4)nc32)c(C)c1. The molecule has 0 fully saturated rings. The topological polar surface area (TPSA) is 76.5 Å². The quantitative estimate of drug-likeness (QED) is 0.668. The van der Waals surface area contributed by atoms with Crippen molar-refractivity contribution in [3.8, 4) is 11.5 Å². The molecule has 150 valence electrons. The van der Waals surface area contributed by atoms with Crippen LogP contribution in [0.5, 0.6) is 0 Å². The molecule has 1 aliphatic rings. The smallest absolute Gasteiger partial charge is 0.204 e. The Hall–Kier alpha value is -3.29. The van der Waals surface area contributed by atoms with Crippen molar-refractivity contribution in [2.45, 2.75) is 34.6 Å². The van der Waals surface area contributed by atoms with Crippen molar-refractivity contribution in [3.05, 3.63) is 41.3 Å². The number of aliphatic imine (C=N–C) groups is 1. The van der Waals surface area contributed by atoms with Crippen LogP contribution in [0.4, 0.5) is 11.4 Å². The Labute approximate surface area is 170 Å². The summed E-state index contributed by atoms with van der Waals surface area (Å²) in [4.78, 5) is 13.4. The van der Waals surface area contributed by atoms with Crippen molar-refractivity contribution < 1.29 is 0 Å². The highest BCUT2D eigenvalue weighted by molar-refractivity contribution is 6.48. The number of aryl methyl sites for hydroxylation is 3. The molecule has 8 nitrogen and oxygen atoms in total. The molecule has 8 heteroatoms. The van der Waals surface area contributed by atoms with Gasteiger partial charge in [0.15, 0.2) is 0 Å². The third-order valence-corrected chi connectivity index (χ3v) is 5.27. The highest BCUT2D eigenvalue weighted by Gasteiger charge is 2.26. The molecule has 0 amide bonds. The van der Waals surface area contributed by atoms with E-state index in [2.05, 4.69) is 64.2 Å². The van der Waals surface area contributed by atoms with Crippen molar-refractivity contribution in [1.29, 1.82) is 0 Å². The van der Waals surface area contributed by atoms with Crippen LogP contribution in [0.3, 0.4) is 0 Å². The third-order valence-electron chi connectivity index (χ3n) is 5.27. The van der Waals surface area contributed by atoms with E-state index in [1.165, 1.54) is 5.69 Å². The lowest BCUT2D eigenvalue weighted by Crippen LogP contribution is -2.21. The Bertz CT molecular complexity index is 1110. The largest absolute Gasteiger partial charge is 0.372 e. The molecule has 0 N–H and O–H groups in total. The molecular weight excluding hydrogens is 364 g/mol. The summed E-state index contributed by atoms with van der Waals surface area (Å²) < 4.78 is 1.81. The minimum Gasteiger partial charge on any atom is -0.372 e. The minimum atomic E-state index is 0.557. The fraction of sp³-hybridized carbons (Fsp3) is 0.381. The summed E-state index contributed by atoms with van der Waals surface area (Å²) in [6, 6.07) is 8.33.